The van der Waals surface area contributed by atoms with Crippen LogP contribution < -0.4 is 0 Å². The summed E-state index contributed by atoms with van der Waals surface area (Å²) >= 11 is 0. The zero-order valence-corrected chi connectivity index (χ0v) is 21.4. The van der Waals surface area contributed by atoms with Crippen molar-refractivity contribution in [2.75, 3.05) is 0 Å². The van der Waals surface area contributed by atoms with Crippen LogP contribution in [0.15, 0.2) is 18.3 Å². The number of rotatable bonds is 6. The molecule has 2 aromatic rings. The number of hydrogen-bond acceptors (Lipinski definition) is 1. The topological polar surface area (TPSA) is 25.0 Å². The van der Waals surface area contributed by atoms with Gasteiger partial charge in [-0.15, -0.1) is 0 Å². The molecule has 2 nitrogen and oxygen atoms in total. The first kappa shape index (κ1) is 31.0. The second-order valence-electron chi connectivity index (χ2n) is 6.85. The monoisotopic (exact) mass is 432 g/mol. The minimum absolute atomic E-state index is 0. The van der Waals surface area contributed by atoms with Gasteiger partial charge in [0.25, 0.3) is 0 Å². The Morgan fingerprint density at radius 1 is 0.926 bits per heavy atom. The van der Waals surface area contributed by atoms with E-state index in [0.29, 0.717) is 0 Å². The van der Waals surface area contributed by atoms with Crippen LogP contribution in [0, 0.1) is 49.5 Å². The van der Waals surface area contributed by atoms with Gasteiger partial charge in [-0.1, -0.05) is 55.4 Å². The molecule has 0 aliphatic carbocycles. The van der Waals surface area contributed by atoms with E-state index in [1.807, 2.05) is 12.3 Å². The Kier molecular flexibility index (Phi) is 16.5. The molecule has 0 aliphatic rings. The van der Waals surface area contributed by atoms with E-state index in [1.54, 1.807) is 0 Å². The van der Waals surface area contributed by atoms with Crippen LogP contribution in [0.1, 0.15) is 54.3 Å². The van der Waals surface area contributed by atoms with Crippen molar-refractivity contribution >= 4 is 8.32 Å². The predicted octanol–water partition coefficient (Wildman–Crippen LogP) is 7.38. The third-order valence-corrected chi connectivity index (χ3v) is 10.6. The standard InChI is InChI=1S/C11H21NOSi.C10H15.2CH3.Fe/c1-4-14(5-2,6-3)13-10-11-8-7-9-12-11;1-6-7(2)9(4)10(5)8(6)3;;;/h7-9,12H,4-6,10H2,1-3H3;1-5H3;2*1H3;/q;3*-1;+3. The van der Waals surface area contributed by atoms with Crippen LogP contribution in [0.25, 0.3) is 0 Å². The molecule has 1 aromatic carbocycles. The SMILES string of the molecule is CC[Si](CC)(CC)OCc1ccc[nH]1.Cc1c(C)c(C)[c-](C)c1C.[CH3-].[CH3-].[Fe+3]. The number of aromatic nitrogens is 1. The van der Waals surface area contributed by atoms with Crippen molar-refractivity contribution in [1.82, 2.24) is 4.98 Å². The average Bonchev–Trinajstić information content (AvgIpc) is 3.19. The third-order valence-electron chi connectivity index (χ3n) is 5.94. The normalized spacial score (nSPS) is 10.1. The van der Waals surface area contributed by atoms with E-state index in [9.17, 15) is 0 Å². The third kappa shape index (κ3) is 8.07. The van der Waals surface area contributed by atoms with E-state index in [1.165, 1.54) is 51.6 Å². The van der Waals surface area contributed by atoms with Crippen LogP contribution in [0.5, 0.6) is 0 Å². The fourth-order valence-electron chi connectivity index (χ4n) is 3.15. The van der Waals surface area contributed by atoms with Crippen molar-refractivity contribution in [1.29, 1.82) is 0 Å². The molecule has 0 fully saturated rings. The summed E-state index contributed by atoms with van der Waals surface area (Å²) in [5, 5.41) is 0. The Hall–Kier alpha value is -0.674. The van der Waals surface area contributed by atoms with Crippen LogP contribution in [-0.2, 0) is 28.1 Å². The van der Waals surface area contributed by atoms with E-state index in [4.69, 9.17) is 4.43 Å². The van der Waals surface area contributed by atoms with Gasteiger partial charge in [-0.05, 0) is 30.3 Å². The summed E-state index contributed by atoms with van der Waals surface area (Å²) in [6.07, 6.45) is 1.95. The molecule has 1 heterocycles. The quantitative estimate of drug-likeness (QED) is 0.374. The number of nitrogens with one attached hydrogen (secondary N) is 1. The molecule has 157 valence electrons. The molecule has 0 aliphatic heterocycles. The molecule has 0 unspecified atom stereocenters. The van der Waals surface area contributed by atoms with Gasteiger partial charge in [0.2, 0.25) is 0 Å². The molecular formula is C23H42FeNOSi. The maximum Gasteiger partial charge on any atom is 3.00 e. The first-order valence-electron chi connectivity index (χ1n) is 9.27. The smallest absolute Gasteiger partial charge is 0.411 e. The number of hydrogen-bond donors (Lipinski definition) is 1. The second-order valence-corrected chi connectivity index (χ2v) is 11.6. The fourth-order valence-corrected chi connectivity index (χ4v) is 5.72. The van der Waals surface area contributed by atoms with Crippen molar-refractivity contribution in [2.24, 2.45) is 0 Å². The maximum absolute atomic E-state index is 6.13. The van der Waals surface area contributed by atoms with Crippen LogP contribution in [0.4, 0.5) is 0 Å². The molecule has 27 heavy (non-hydrogen) atoms. The summed E-state index contributed by atoms with van der Waals surface area (Å²) in [6.45, 7) is 18.5. The molecule has 0 saturated carbocycles. The largest absolute Gasteiger partial charge is 3.00 e. The molecule has 1 aromatic heterocycles. The maximum atomic E-state index is 6.13. The van der Waals surface area contributed by atoms with Crippen molar-refractivity contribution in [2.45, 2.75) is 80.1 Å². The van der Waals surface area contributed by atoms with Gasteiger partial charge in [0.1, 0.15) is 0 Å². The molecule has 0 spiro atoms. The molecule has 1 N–H and O–H groups in total. The summed E-state index contributed by atoms with van der Waals surface area (Å²) in [4.78, 5) is 3.18. The van der Waals surface area contributed by atoms with Gasteiger partial charge in [-0.25, -0.2) is 0 Å². The first-order valence-corrected chi connectivity index (χ1v) is 11.8. The van der Waals surface area contributed by atoms with E-state index in [-0.39, 0.29) is 31.9 Å². The summed E-state index contributed by atoms with van der Waals surface area (Å²) in [6, 6.07) is 7.77. The molecule has 0 saturated heterocycles. The van der Waals surface area contributed by atoms with Gasteiger partial charge in [0, 0.05) is 11.9 Å². The van der Waals surface area contributed by atoms with E-state index >= 15 is 0 Å². The Labute approximate surface area is 181 Å². The van der Waals surface area contributed by atoms with Gasteiger partial charge < -0.3 is 24.3 Å². The molecule has 4 heteroatoms. The Bertz CT molecular complexity index is 524. The zero-order chi connectivity index (χ0) is 18.3. The summed E-state index contributed by atoms with van der Waals surface area (Å²) in [5.41, 5.74) is 8.53. The van der Waals surface area contributed by atoms with Crippen LogP contribution >= 0.6 is 0 Å². The summed E-state index contributed by atoms with van der Waals surface area (Å²) in [7, 11) is -1.39. The van der Waals surface area contributed by atoms with Crippen molar-refractivity contribution in [3.05, 3.63) is 66.7 Å². The van der Waals surface area contributed by atoms with Gasteiger partial charge in [0.15, 0.2) is 8.32 Å². The predicted molar refractivity (Wildman–Crippen MR) is 121 cm³/mol. The Morgan fingerprint density at radius 3 is 1.63 bits per heavy atom. The van der Waals surface area contributed by atoms with Gasteiger partial charge in [-0.2, -0.15) is 27.8 Å². The van der Waals surface area contributed by atoms with Gasteiger partial charge in [0.05, 0.1) is 6.61 Å². The van der Waals surface area contributed by atoms with E-state index in [2.05, 4.69) is 66.4 Å². The van der Waals surface area contributed by atoms with Gasteiger partial charge in [-0.3, -0.25) is 0 Å². The Balaban J connectivity index is -0.000000400. The second kappa shape index (κ2) is 14.3. The molecule has 0 amide bonds. The summed E-state index contributed by atoms with van der Waals surface area (Å²) < 4.78 is 6.13. The number of H-pyrrole nitrogens is 1. The van der Waals surface area contributed by atoms with Crippen LogP contribution in [0.3, 0.4) is 0 Å². The van der Waals surface area contributed by atoms with E-state index < -0.39 is 8.32 Å². The van der Waals surface area contributed by atoms with Crippen LogP contribution in [0.2, 0.25) is 18.1 Å². The average molecular weight is 433 g/mol. The van der Waals surface area contributed by atoms with Gasteiger partial charge >= 0.3 is 17.1 Å². The van der Waals surface area contributed by atoms with E-state index in [0.717, 1.165) is 6.61 Å². The molecule has 1 radical (unpaired) electrons. The summed E-state index contributed by atoms with van der Waals surface area (Å²) in [5.74, 6) is 0. The molecule has 0 atom stereocenters. The van der Waals surface area contributed by atoms with Crippen LogP contribution in [-0.4, -0.2) is 13.3 Å². The molecule has 0 bridgehead atoms. The minimum atomic E-state index is -1.39. The molecular weight excluding hydrogens is 390 g/mol. The first-order chi connectivity index (χ1) is 11.3. The van der Waals surface area contributed by atoms with Crippen molar-refractivity contribution < 1.29 is 21.5 Å². The number of aromatic amines is 1. The molecule has 2 rings (SSSR count). The van der Waals surface area contributed by atoms with Crippen molar-refractivity contribution in [3.63, 3.8) is 0 Å². The van der Waals surface area contributed by atoms with Crippen molar-refractivity contribution in [3.8, 4) is 0 Å². The fraction of sp³-hybridized carbons (Fsp3) is 0.522. The Morgan fingerprint density at radius 2 is 1.37 bits per heavy atom. The zero-order valence-electron chi connectivity index (χ0n) is 19.3. The minimum Gasteiger partial charge on any atom is -0.411 e.